The van der Waals surface area contributed by atoms with Crippen LogP contribution in [0, 0.1) is 5.41 Å². The average molecular weight is 278 g/mol. The number of halogens is 3. The van der Waals surface area contributed by atoms with Gasteiger partial charge in [-0.05, 0) is 24.1 Å². The van der Waals surface area contributed by atoms with Crippen LogP contribution in [0.25, 0.3) is 0 Å². The summed E-state index contributed by atoms with van der Waals surface area (Å²) in [6, 6.07) is 7.56. The summed E-state index contributed by atoms with van der Waals surface area (Å²) in [5.74, 6) is 0. The van der Waals surface area contributed by atoms with Crippen LogP contribution >= 0.6 is 27.5 Å². The predicted octanol–water partition coefficient (Wildman–Crippen LogP) is 4.52. The second-order valence-electron chi connectivity index (χ2n) is 4.09. The monoisotopic (exact) mass is 276 g/mol. The van der Waals surface area contributed by atoms with Crippen molar-refractivity contribution in [3.8, 4) is 0 Å². The molecule has 76 valence electrons. The Morgan fingerprint density at radius 3 is 2.43 bits per heavy atom. The molecule has 0 amide bonds. The van der Waals surface area contributed by atoms with Gasteiger partial charge in [-0.3, -0.25) is 0 Å². The van der Waals surface area contributed by atoms with Gasteiger partial charge in [-0.1, -0.05) is 46.6 Å². The van der Waals surface area contributed by atoms with Gasteiger partial charge in [0, 0.05) is 15.3 Å². The molecule has 14 heavy (non-hydrogen) atoms. The maximum Gasteiger partial charge on any atom is 0.108 e. The summed E-state index contributed by atoms with van der Waals surface area (Å²) in [6.45, 7) is 1.96. The van der Waals surface area contributed by atoms with Crippen molar-refractivity contribution in [2.75, 3.05) is 0 Å². The van der Waals surface area contributed by atoms with Crippen molar-refractivity contribution in [1.29, 1.82) is 0 Å². The summed E-state index contributed by atoms with van der Waals surface area (Å²) in [4.78, 5) is 0.0854. The minimum Gasteiger partial charge on any atom is -0.247 e. The maximum absolute atomic E-state index is 13.1. The van der Waals surface area contributed by atoms with E-state index in [1.54, 1.807) is 0 Å². The van der Waals surface area contributed by atoms with Crippen LogP contribution in [0.3, 0.4) is 0 Å². The van der Waals surface area contributed by atoms with Gasteiger partial charge in [-0.15, -0.1) is 0 Å². The highest BCUT2D eigenvalue weighted by Crippen LogP contribution is 2.60. The molecule has 3 atom stereocenters. The van der Waals surface area contributed by atoms with E-state index in [2.05, 4.69) is 15.9 Å². The lowest BCUT2D eigenvalue weighted by Crippen LogP contribution is -2.07. The van der Waals surface area contributed by atoms with E-state index in [0.717, 1.165) is 5.56 Å². The zero-order chi connectivity index (χ0) is 10.3. The zero-order valence-corrected chi connectivity index (χ0v) is 10.1. The van der Waals surface area contributed by atoms with Crippen LogP contribution < -0.4 is 0 Å². The molecular formula is C11H11BrClF. The third kappa shape index (κ3) is 1.70. The van der Waals surface area contributed by atoms with Crippen LogP contribution in [0.1, 0.15) is 23.7 Å². The largest absolute Gasteiger partial charge is 0.247 e. The van der Waals surface area contributed by atoms with Gasteiger partial charge in [0.15, 0.2) is 0 Å². The van der Waals surface area contributed by atoms with Gasteiger partial charge in [-0.25, -0.2) is 4.39 Å². The Morgan fingerprint density at radius 1 is 1.50 bits per heavy atom. The van der Waals surface area contributed by atoms with E-state index in [1.165, 1.54) is 0 Å². The van der Waals surface area contributed by atoms with Crippen LogP contribution in [0.5, 0.6) is 0 Å². The highest BCUT2D eigenvalue weighted by Gasteiger charge is 2.55. The van der Waals surface area contributed by atoms with Crippen molar-refractivity contribution in [3.05, 3.63) is 34.9 Å². The summed E-state index contributed by atoms with van der Waals surface area (Å²) >= 11 is 9.34. The number of benzene rings is 1. The maximum atomic E-state index is 13.1. The summed E-state index contributed by atoms with van der Waals surface area (Å²) in [7, 11) is 0. The minimum atomic E-state index is -0.678. The molecule has 1 aromatic carbocycles. The SMILES string of the molecule is CC1(C(Br)c2ccc(Cl)cc2)CC1F. The Balaban J connectivity index is 2.20. The van der Waals surface area contributed by atoms with Crippen LogP contribution in [0.4, 0.5) is 4.39 Å². The lowest BCUT2D eigenvalue weighted by Gasteiger charge is -2.17. The normalized spacial score (nSPS) is 32.7. The van der Waals surface area contributed by atoms with E-state index >= 15 is 0 Å². The Bertz CT molecular complexity index is 338. The first-order valence-corrected chi connectivity index (χ1v) is 5.87. The quantitative estimate of drug-likeness (QED) is 0.697. The van der Waals surface area contributed by atoms with Crippen molar-refractivity contribution >= 4 is 27.5 Å². The van der Waals surface area contributed by atoms with Gasteiger partial charge in [-0.2, -0.15) is 0 Å². The number of alkyl halides is 2. The Labute approximate surface area is 96.6 Å². The molecule has 0 radical (unpaired) electrons. The average Bonchev–Trinajstić information content (AvgIpc) is 2.76. The molecule has 0 saturated heterocycles. The van der Waals surface area contributed by atoms with E-state index in [1.807, 2.05) is 31.2 Å². The molecule has 0 spiro atoms. The third-order valence-electron chi connectivity index (χ3n) is 2.92. The fourth-order valence-electron chi connectivity index (χ4n) is 1.60. The fourth-order valence-corrected chi connectivity index (χ4v) is 2.51. The van der Waals surface area contributed by atoms with Crippen LogP contribution in [0.2, 0.25) is 5.02 Å². The smallest absolute Gasteiger partial charge is 0.108 e. The highest BCUT2D eigenvalue weighted by molar-refractivity contribution is 9.09. The van der Waals surface area contributed by atoms with E-state index < -0.39 is 6.17 Å². The number of hydrogen-bond acceptors (Lipinski definition) is 0. The Morgan fingerprint density at radius 2 is 2.00 bits per heavy atom. The van der Waals surface area contributed by atoms with E-state index in [9.17, 15) is 4.39 Å². The zero-order valence-electron chi connectivity index (χ0n) is 7.81. The standard InChI is InChI=1S/C11H11BrClF/c1-11(6-9(11)14)10(12)7-2-4-8(13)5-3-7/h2-5,9-10H,6H2,1H3. The van der Waals surface area contributed by atoms with Gasteiger partial charge in [0.2, 0.25) is 0 Å². The molecule has 0 aromatic heterocycles. The molecule has 1 aromatic rings. The van der Waals surface area contributed by atoms with Crippen LogP contribution in [0.15, 0.2) is 24.3 Å². The molecule has 0 N–H and O–H groups in total. The second kappa shape index (κ2) is 3.49. The molecule has 0 bridgehead atoms. The molecular weight excluding hydrogens is 266 g/mol. The molecule has 0 nitrogen and oxygen atoms in total. The first-order valence-electron chi connectivity index (χ1n) is 4.57. The predicted molar refractivity (Wildman–Crippen MR) is 60.7 cm³/mol. The van der Waals surface area contributed by atoms with Crippen molar-refractivity contribution in [3.63, 3.8) is 0 Å². The molecule has 1 fully saturated rings. The molecule has 3 unspecified atom stereocenters. The van der Waals surface area contributed by atoms with E-state index in [4.69, 9.17) is 11.6 Å². The first kappa shape index (κ1) is 10.4. The molecule has 2 rings (SSSR count). The third-order valence-corrected chi connectivity index (χ3v) is 4.74. The molecule has 3 heteroatoms. The lowest BCUT2D eigenvalue weighted by molar-refractivity contribution is 0.375. The summed E-state index contributed by atoms with van der Waals surface area (Å²) in [5, 5.41) is 0.714. The van der Waals surface area contributed by atoms with Crippen molar-refractivity contribution in [1.82, 2.24) is 0 Å². The molecule has 0 heterocycles. The molecule has 1 aliphatic rings. The van der Waals surface area contributed by atoms with Crippen LogP contribution in [-0.2, 0) is 0 Å². The first-order chi connectivity index (χ1) is 6.54. The second-order valence-corrected chi connectivity index (χ2v) is 5.44. The molecule has 1 saturated carbocycles. The Hall–Kier alpha value is -0.0800. The van der Waals surface area contributed by atoms with Gasteiger partial charge in [0.05, 0.1) is 0 Å². The van der Waals surface area contributed by atoms with E-state index in [-0.39, 0.29) is 10.2 Å². The fraction of sp³-hybridized carbons (Fsp3) is 0.455. The summed E-state index contributed by atoms with van der Waals surface area (Å²) < 4.78 is 13.1. The van der Waals surface area contributed by atoms with Gasteiger partial charge in [0.1, 0.15) is 6.17 Å². The Kier molecular flexibility index (Phi) is 2.61. The lowest BCUT2D eigenvalue weighted by atomic mass is 9.98. The van der Waals surface area contributed by atoms with Gasteiger partial charge >= 0.3 is 0 Å². The topological polar surface area (TPSA) is 0 Å². The van der Waals surface area contributed by atoms with Crippen molar-refractivity contribution < 1.29 is 4.39 Å². The number of hydrogen-bond donors (Lipinski definition) is 0. The summed E-state index contributed by atoms with van der Waals surface area (Å²) in [6.07, 6.45) is -0.0338. The summed E-state index contributed by atoms with van der Waals surface area (Å²) in [5.41, 5.74) is 0.866. The van der Waals surface area contributed by atoms with Gasteiger partial charge < -0.3 is 0 Å². The van der Waals surface area contributed by atoms with Gasteiger partial charge in [0.25, 0.3) is 0 Å². The van der Waals surface area contributed by atoms with Crippen molar-refractivity contribution in [2.45, 2.75) is 24.3 Å². The van der Waals surface area contributed by atoms with Crippen LogP contribution in [-0.4, -0.2) is 6.17 Å². The molecule has 0 aliphatic heterocycles. The van der Waals surface area contributed by atoms with E-state index in [0.29, 0.717) is 11.4 Å². The van der Waals surface area contributed by atoms with Crippen molar-refractivity contribution in [2.24, 2.45) is 5.41 Å². The highest BCUT2D eigenvalue weighted by atomic mass is 79.9. The molecule has 1 aliphatic carbocycles. The number of rotatable bonds is 2. The minimum absolute atomic E-state index is 0.0854.